The van der Waals surface area contributed by atoms with E-state index in [1.165, 1.54) is 0 Å². The van der Waals surface area contributed by atoms with Crippen LogP contribution in [0.15, 0.2) is 67.0 Å². The zero-order chi connectivity index (χ0) is 18.9. The molecule has 0 saturated carbocycles. The fourth-order valence-electron chi connectivity index (χ4n) is 3.42. The van der Waals surface area contributed by atoms with Crippen LogP contribution < -0.4 is 10.5 Å². The minimum atomic E-state index is -1.17. The van der Waals surface area contributed by atoms with E-state index < -0.39 is 11.5 Å². The van der Waals surface area contributed by atoms with Crippen LogP contribution in [0.4, 0.5) is 0 Å². The van der Waals surface area contributed by atoms with Crippen LogP contribution in [0.25, 0.3) is 11.1 Å². The number of benzene rings is 2. The summed E-state index contributed by atoms with van der Waals surface area (Å²) in [6.07, 6.45) is 4.99. The molecule has 1 heterocycles. The van der Waals surface area contributed by atoms with E-state index in [2.05, 4.69) is 4.98 Å². The summed E-state index contributed by atoms with van der Waals surface area (Å²) in [5, 5.41) is 9.32. The number of nitrogens with zero attached hydrogens (tertiary/aromatic N) is 1. The van der Waals surface area contributed by atoms with Crippen LogP contribution in [0.2, 0.25) is 0 Å². The summed E-state index contributed by atoms with van der Waals surface area (Å²) in [4.78, 5) is 15.5. The fourth-order valence-corrected chi connectivity index (χ4v) is 3.42. The van der Waals surface area contributed by atoms with Crippen molar-refractivity contribution in [1.29, 1.82) is 0 Å². The molecule has 4 rings (SSSR count). The van der Waals surface area contributed by atoms with Crippen molar-refractivity contribution in [1.82, 2.24) is 4.98 Å². The summed E-state index contributed by atoms with van der Waals surface area (Å²) in [6, 6.07) is 17.5. The molecule has 29 heavy (non-hydrogen) atoms. The summed E-state index contributed by atoms with van der Waals surface area (Å²) >= 11 is 0. The van der Waals surface area contributed by atoms with Crippen LogP contribution in [0.1, 0.15) is 17.5 Å². The van der Waals surface area contributed by atoms with E-state index in [1.54, 1.807) is 6.20 Å². The van der Waals surface area contributed by atoms with Crippen LogP contribution >= 0.6 is 24.8 Å². The number of carboxylic acids is 1. The van der Waals surface area contributed by atoms with E-state index in [0.29, 0.717) is 19.3 Å². The molecule has 1 aliphatic carbocycles. The number of rotatable bonds is 4. The molecule has 0 amide bonds. The minimum absolute atomic E-state index is 0. The number of pyridine rings is 1. The highest BCUT2D eigenvalue weighted by Crippen LogP contribution is 2.32. The molecular formula is C22H22Cl2N2O3. The highest BCUT2D eigenvalue weighted by Gasteiger charge is 2.37. The van der Waals surface area contributed by atoms with Crippen LogP contribution in [0.5, 0.6) is 11.5 Å². The number of hydrogen-bond acceptors (Lipinski definition) is 4. The van der Waals surface area contributed by atoms with Crippen molar-refractivity contribution in [2.75, 3.05) is 0 Å². The summed E-state index contributed by atoms with van der Waals surface area (Å²) in [7, 11) is 0. The van der Waals surface area contributed by atoms with Gasteiger partial charge in [0.1, 0.15) is 17.0 Å². The molecule has 2 aromatic carbocycles. The Bertz CT molecular complexity index is 981. The Balaban J connectivity index is 0.00000150. The lowest BCUT2D eigenvalue weighted by Gasteiger charge is -2.30. The van der Waals surface area contributed by atoms with Crippen molar-refractivity contribution in [2.24, 2.45) is 5.73 Å². The van der Waals surface area contributed by atoms with Crippen molar-refractivity contribution < 1.29 is 14.6 Å². The highest BCUT2D eigenvalue weighted by molar-refractivity contribution is 5.85. The highest BCUT2D eigenvalue weighted by atomic mass is 35.5. The number of fused-ring (bicyclic) bond motifs is 1. The number of nitrogens with two attached hydrogens (primary N) is 1. The average Bonchev–Trinajstić information content (AvgIpc) is 2.69. The first-order chi connectivity index (χ1) is 13.0. The molecule has 1 atom stereocenters. The van der Waals surface area contributed by atoms with Gasteiger partial charge in [0, 0.05) is 18.8 Å². The van der Waals surface area contributed by atoms with E-state index in [4.69, 9.17) is 10.5 Å². The first kappa shape index (κ1) is 22.7. The standard InChI is InChI=1S/C22H20N2O3.2ClH/c23-22(21(25)26)10-9-16-12-20(8-5-17(16)13-22)27-19-6-3-15(4-7-19)18-2-1-11-24-14-18;;/h1-8,11-12,14H,9-10,13,23H2,(H,25,26);2*1H. The smallest absolute Gasteiger partial charge is 0.324 e. The normalized spacial score (nSPS) is 17.3. The van der Waals surface area contributed by atoms with Crippen LogP contribution in [-0.2, 0) is 17.6 Å². The number of aryl methyl sites for hydroxylation is 1. The first-order valence-corrected chi connectivity index (χ1v) is 8.86. The van der Waals surface area contributed by atoms with Crippen LogP contribution in [0.3, 0.4) is 0 Å². The van der Waals surface area contributed by atoms with Gasteiger partial charge in [-0.1, -0.05) is 24.3 Å². The molecule has 0 fully saturated rings. The number of carboxylic acid groups (broad SMARTS) is 1. The van der Waals surface area contributed by atoms with Crippen LogP contribution in [-0.4, -0.2) is 21.6 Å². The topological polar surface area (TPSA) is 85.4 Å². The van der Waals surface area contributed by atoms with Gasteiger partial charge in [0.2, 0.25) is 0 Å². The van der Waals surface area contributed by atoms with E-state index >= 15 is 0 Å². The molecule has 0 saturated heterocycles. The van der Waals surface area contributed by atoms with Gasteiger partial charge in [0.15, 0.2) is 0 Å². The first-order valence-electron chi connectivity index (χ1n) is 8.86. The van der Waals surface area contributed by atoms with E-state index in [1.807, 2.05) is 60.8 Å². The average molecular weight is 433 g/mol. The third kappa shape index (κ3) is 4.88. The van der Waals surface area contributed by atoms with Gasteiger partial charge in [0.05, 0.1) is 0 Å². The Morgan fingerprint density at radius 3 is 2.38 bits per heavy atom. The SMILES string of the molecule is Cl.Cl.NC1(C(=O)O)CCc2cc(Oc3ccc(-c4cccnc4)cc3)ccc2C1. The molecular weight excluding hydrogens is 411 g/mol. The fraction of sp³-hybridized carbons (Fsp3) is 0.182. The Kier molecular flexibility index (Phi) is 7.25. The second-order valence-corrected chi connectivity index (χ2v) is 6.94. The quantitative estimate of drug-likeness (QED) is 0.626. The maximum atomic E-state index is 11.4. The largest absolute Gasteiger partial charge is 0.480 e. The molecule has 1 unspecified atom stereocenters. The molecule has 1 aliphatic rings. The molecule has 0 spiro atoms. The summed E-state index contributed by atoms with van der Waals surface area (Å²) in [5.74, 6) is 0.544. The number of aromatic nitrogens is 1. The summed E-state index contributed by atoms with van der Waals surface area (Å²) in [6.45, 7) is 0. The van der Waals surface area contributed by atoms with Gasteiger partial charge in [-0.3, -0.25) is 9.78 Å². The lowest BCUT2D eigenvalue weighted by atomic mass is 9.78. The van der Waals surface area contributed by atoms with Crippen molar-refractivity contribution in [3.63, 3.8) is 0 Å². The maximum Gasteiger partial charge on any atom is 0.324 e. The van der Waals surface area contributed by atoms with Crippen molar-refractivity contribution in [3.05, 3.63) is 78.1 Å². The number of hydrogen-bond donors (Lipinski definition) is 2. The lowest BCUT2D eigenvalue weighted by molar-refractivity contribution is -0.143. The molecule has 152 valence electrons. The zero-order valence-corrected chi connectivity index (χ0v) is 17.2. The molecule has 3 aromatic rings. The van der Waals surface area contributed by atoms with Gasteiger partial charge in [-0.15, -0.1) is 24.8 Å². The third-order valence-corrected chi connectivity index (χ3v) is 5.03. The second kappa shape index (κ2) is 9.27. The molecule has 0 aliphatic heterocycles. The minimum Gasteiger partial charge on any atom is -0.480 e. The molecule has 5 nitrogen and oxygen atoms in total. The zero-order valence-electron chi connectivity index (χ0n) is 15.6. The Morgan fingerprint density at radius 2 is 1.72 bits per heavy atom. The Morgan fingerprint density at radius 1 is 1.00 bits per heavy atom. The second-order valence-electron chi connectivity index (χ2n) is 6.94. The van der Waals surface area contributed by atoms with Gasteiger partial charge < -0.3 is 15.6 Å². The predicted octanol–water partition coefficient (Wildman–Crippen LogP) is 4.66. The molecule has 0 bridgehead atoms. The Hall–Kier alpha value is -2.60. The van der Waals surface area contributed by atoms with E-state index in [0.717, 1.165) is 33.8 Å². The molecule has 0 radical (unpaired) electrons. The van der Waals surface area contributed by atoms with Gasteiger partial charge >= 0.3 is 5.97 Å². The van der Waals surface area contributed by atoms with E-state index in [-0.39, 0.29) is 24.8 Å². The molecule has 7 heteroatoms. The number of aliphatic carboxylic acids is 1. The predicted molar refractivity (Wildman–Crippen MR) is 117 cm³/mol. The maximum absolute atomic E-state index is 11.4. The van der Waals surface area contributed by atoms with Crippen molar-refractivity contribution >= 4 is 30.8 Å². The van der Waals surface area contributed by atoms with Crippen LogP contribution in [0, 0.1) is 0 Å². The van der Waals surface area contributed by atoms with Gasteiger partial charge in [0.25, 0.3) is 0 Å². The number of carbonyl (C=O) groups is 1. The molecule has 3 N–H and O–H groups in total. The van der Waals surface area contributed by atoms with Gasteiger partial charge in [-0.05, 0) is 65.4 Å². The monoisotopic (exact) mass is 432 g/mol. The lowest BCUT2D eigenvalue weighted by Crippen LogP contribution is -2.52. The van der Waals surface area contributed by atoms with Crippen molar-refractivity contribution in [2.45, 2.75) is 24.8 Å². The number of ether oxygens (including phenoxy) is 1. The number of halogens is 2. The summed E-state index contributed by atoms with van der Waals surface area (Å²) in [5.41, 5.74) is 9.05. The van der Waals surface area contributed by atoms with Gasteiger partial charge in [-0.2, -0.15) is 0 Å². The molecule has 1 aromatic heterocycles. The van der Waals surface area contributed by atoms with E-state index in [9.17, 15) is 9.90 Å². The van der Waals surface area contributed by atoms with Gasteiger partial charge in [-0.25, -0.2) is 0 Å². The van der Waals surface area contributed by atoms with Crippen molar-refractivity contribution in [3.8, 4) is 22.6 Å². The third-order valence-electron chi connectivity index (χ3n) is 5.03. The Labute approximate surface area is 181 Å². The summed E-state index contributed by atoms with van der Waals surface area (Å²) < 4.78 is 5.97.